The van der Waals surface area contributed by atoms with E-state index in [1.807, 2.05) is 30.4 Å². The molecule has 0 atom stereocenters. The van der Waals surface area contributed by atoms with Crippen LogP contribution in [0.25, 0.3) is 0 Å². The molecule has 0 aromatic carbocycles. The molecule has 1 aliphatic rings. The van der Waals surface area contributed by atoms with Crippen LogP contribution in [0.5, 0.6) is 0 Å². The van der Waals surface area contributed by atoms with Crippen LogP contribution in [0.4, 0.5) is 0 Å². The normalized spacial score (nSPS) is 14.0. The second-order valence-corrected chi connectivity index (χ2v) is 6.31. The molecule has 0 unspecified atom stereocenters. The van der Waals surface area contributed by atoms with E-state index in [0.717, 1.165) is 25.0 Å². The summed E-state index contributed by atoms with van der Waals surface area (Å²) >= 11 is 0. The summed E-state index contributed by atoms with van der Waals surface area (Å²) in [4.78, 5) is 10.4. The highest BCUT2D eigenvalue weighted by molar-refractivity contribution is 5.66. The van der Waals surface area contributed by atoms with E-state index in [1.165, 1.54) is 44.9 Å². The average Bonchev–Trinajstić information content (AvgIpc) is 3.41. The van der Waals surface area contributed by atoms with Crippen LogP contribution < -0.4 is 0 Å². The van der Waals surface area contributed by atoms with Gasteiger partial charge in [-0.25, -0.2) is 0 Å². The van der Waals surface area contributed by atoms with Crippen LogP contribution in [0.2, 0.25) is 0 Å². The number of rotatable bonds is 16. The van der Waals surface area contributed by atoms with E-state index in [0.29, 0.717) is 6.42 Å². The van der Waals surface area contributed by atoms with Crippen LogP contribution in [0.1, 0.15) is 70.6 Å². The molecular weight excluding hydrogens is 312 g/mol. The summed E-state index contributed by atoms with van der Waals surface area (Å²) < 4.78 is 4.87. The van der Waals surface area contributed by atoms with Gasteiger partial charge in [-0.1, -0.05) is 87.5 Å². The van der Waals surface area contributed by atoms with Gasteiger partial charge in [-0.15, -0.1) is 0 Å². The lowest BCUT2D eigenvalue weighted by Gasteiger charge is -2.01. The van der Waals surface area contributed by atoms with Crippen molar-refractivity contribution < 1.29 is 14.6 Å². The first-order chi connectivity index (χ1) is 12.3. The van der Waals surface area contributed by atoms with E-state index >= 15 is 0 Å². The quantitative estimate of drug-likeness (QED) is 0.258. The van der Waals surface area contributed by atoms with Crippen molar-refractivity contribution in [2.45, 2.75) is 70.6 Å². The molecule has 0 aromatic rings. The van der Waals surface area contributed by atoms with Crippen molar-refractivity contribution in [3.63, 3.8) is 0 Å². The topological polar surface area (TPSA) is 49.8 Å². The Labute approximate surface area is 152 Å². The third-order valence-corrected chi connectivity index (χ3v) is 3.97. The van der Waals surface area contributed by atoms with Gasteiger partial charge in [0.25, 0.3) is 0 Å². The zero-order chi connectivity index (χ0) is 18.0. The van der Waals surface area contributed by atoms with Gasteiger partial charge in [-0.2, -0.15) is 0 Å². The molecular formula is C22H32O3. The Bertz CT molecular complexity index is 495. The molecule has 0 saturated heterocycles. The smallest absolute Gasteiger partial charge is 0.303 e. The lowest BCUT2D eigenvalue weighted by Crippen LogP contribution is -1.93. The maximum atomic E-state index is 10.4. The van der Waals surface area contributed by atoms with Gasteiger partial charge in [0, 0.05) is 6.42 Å². The molecule has 0 aromatic heterocycles. The lowest BCUT2D eigenvalue weighted by molar-refractivity contribution is -0.137. The number of carbonyl (C=O) groups is 1. The first-order valence-electron chi connectivity index (χ1n) is 9.54. The van der Waals surface area contributed by atoms with Crippen LogP contribution in [0.3, 0.4) is 0 Å². The second kappa shape index (κ2) is 15.5. The predicted molar refractivity (Wildman–Crippen MR) is 104 cm³/mol. The van der Waals surface area contributed by atoms with Gasteiger partial charge in [0.1, 0.15) is 6.26 Å². The van der Waals surface area contributed by atoms with Crippen LogP contribution in [-0.4, -0.2) is 11.1 Å². The Hall–Kier alpha value is -2.03. The van der Waals surface area contributed by atoms with Crippen molar-refractivity contribution in [1.29, 1.82) is 0 Å². The number of carboxylic acids is 1. The second-order valence-electron chi connectivity index (χ2n) is 6.31. The van der Waals surface area contributed by atoms with Crippen LogP contribution >= 0.6 is 0 Å². The highest BCUT2D eigenvalue weighted by Crippen LogP contribution is 2.13. The van der Waals surface area contributed by atoms with Crippen LogP contribution in [-0.2, 0) is 9.53 Å². The molecule has 0 fully saturated rings. The Balaban J connectivity index is 1.78. The molecule has 1 heterocycles. The number of aliphatic carboxylic acids is 1. The van der Waals surface area contributed by atoms with Crippen molar-refractivity contribution >= 4 is 5.97 Å². The fourth-order valence-electron chi connectivity index (χ4n) is 2.47. The Kier molecular flexibility index (Phi) is 13.0. The molecule has 3 heteroatoms. The molecule has 0 spiro atoms. The standard InChI is InChI=1S/C22H32O3/c23-22(24)19-17-15-13-11-9-7-5-3-1-2-4-6-8-10-12-14-16-18-21-20-25-21/h4,6,8,10,12,14,16,18,20H,1-3,5,7,9,11,13,15,17,19H2,(H,23,24)/b6-4?,10-8?,14-12+,18-16-. The fraction of sp³-hybridized carbons (Fsp3) is 0.500. The number of unbranched alkanes of at least 4 members (excludes halogenated alkanes) is 9. The van der Waals surface area contributed by atoms with E-state index in [9.17, 15) is 4.79 Å². The molecule has 0 saturated carbocycles. The van der Waals surface area contributed by atoms with Crippen molar-refractivity contribution in [2.24, 2.45) is 0 Å². The third kappa shape index (κ3) is 16.6. The minimum Gasteiger partial charge on any atom is -0.481 e. The largest absolute Gasteiger partial charge is 0.481 e. The van der Waals surface area contributed by atoms with Crippen molar-refractivity contribution in [1.82, 2.24) is 0 Å². The summed E-state index contributed by atoms with van der Waals surface area (Å²) in [5.41, 5.74) is 0. The Morgan fingerprint density at radius 3 is 1.92 bits per heavy atom. The Morgan fingerprint density at radius 1 is 0.800 bits per heavy atom. The Morgan fingerprint density at radius 2 is 1.32 bits per heavy atom. The van der Waals surface area contributed by atoms with E-state index in [4.69, 9.17) is 9.84 Å². The maximum Gasteiger partial charge on any atom is 0.303 e. The molecule has 138 valence electrons. The van der Waals surface area contributed by atoms with E-state index in [1.54, 1.807) is 6.26 Å². The number of allylic oxidation sites excluding steroid dienone is 8. The van der Waals surface area contributed by atoms with Gasteiger partial charge in [0.05, 0.1) is 0 Å². The average molecular weight is 344 g/mol. The van der Waals surface area contributed by atoms with E-state index in [2.05, 4.69) is 18.2 Å². The van der Waals surface area contributed by atoms with Gasteiger partial charge in [0.2, 0.25) is 0 Å². The highest BCUT2D eigenvalue weighted by Gasteiger charge is 2.01. The summed E-state index contributed by atoms with van der Waals surface area (Å²) in [6.07, 6.45) is 30.3. The van der Waals surface area contributed by atoms with E-state index in [-0.39, 0.29) is 0 Å². The molecule has 0 aliphatic carbocycles. The van der Waals surface area contributed by atoms with Gasteiger partial charge in [-0.05, 0) is 25.3 Å². The molecule has 25 heavy (non-hydrogen) atoms. The van der Waals surface area contributed by atoms with Gasteiger partial charge < -0.3 is 9.84 Å². The van der Waals surface area contributed by atoms with Crippen LogP contribution in [0, 0.1) is 0 Å². The summed E-state index contributed by atoms with van der Waals surface area (Å²) in [5.74, 6) is 0.264. The first-order valence-corrected chi connectivity index (χ1v) is 9.54. The number of carboxylic acid groups (broad SMARTS) is 1. The van der Waals surface area contributed by atoms with Crippen molar-refractivity contribution in [2.75, 3.05) is 0 Å². The predicted octanol–water partition coefficient (Wildman–Crippen LogP) is 6.46. The summed E-state index contributed by atoms with van der Waals surface area (Å²) in [6.45, 7) is 0. The molecule has 1 N–H and O–H groups in total. The molecule has 3 nitrogen and oxygen atoms in total. The van der Waals surface area contributed by atoms with Crippen molar-refractivity contribution in [3.8, 4) is 0 Å². The zero-order valence-electron chi connectivity index (χ0n) is 15.2. The zero-order valence-corrected chi connectivity index (χ0v) is 15.2. The monoisotopic (exact) mass is 344 g/mol. The molecule has 1 rings (SSSR count). The van der Waals surface area contributed by atoms with E-state index < -0.39 is 5.97 Å². The van der Waals surface area contributed by atoms with Crippen LogP contribution in [0.15, 0.2) is 60.6 Å². The number of hydrogen-bond acceptors (Lipinski definition) is 2. The SMILES string of the molecule is O=C(O)CCCCCCCCCCCC=CC=C/C=C/C=C\C1=CO1. The molecule has 1 aliphatic heterocycles. The fourth-order valence-corrected chi connectivity index (χ4v) is 2.47. The third-order valence-electron chi connectivity index (χ3n) is 3.97. The van der Waals surface area contributed by atoms with Crippen molar-refractivity contribution in [3.05, 3.63) is 60.6 Å². The molecule has 0 radical (unpaired) electrons. The molecule has 0 amide bonds. The van der Waals surface area contributed by atoms with Gasteiger partial charge in [0.15, 0.2) is 5.76 Å². The van der Waals surface area contributed by atoms with Gasteiger partial charge in [-0.3, -0.25) is 4.79 Å². The van der Waals surface area contributed by atoms with Gasteiger partial charge >= 0.3 is 5.97 Å². The lowest BCUT2D eigenvalue weighted by atomic mass is 10.1. The summed E-state index contributed by atoms with van der Waals surface area (Å²) in [5, 5.41) is 8.55. The minimum atomic E-state index is -0.671. The first kappa shape index (κ1) is 21.0. The molecule has 0 bridgehead atoms. The summed E-state index contributed by atoms with van der Waals surface area (Å²) in [6, 6.07) is 0. The minimum absolute atomic E-state index is 0.323. The number of ether oxygens (including phenoxy) is 1. The highest BCUT2D eigenvalue weighted by atomic mass is 16.5. The summed E-state index contributed by atoms with van der Waals surface area (Å²) in [7, 11) is 0. The maximum absolute atomic E-state index is 10.4. The number of hydrogen-bond donors (Lipinski definition) is 1.